The first-order valence-electron chi connectivity index (χ1n) is 4.58. The molecule has 1 fully saturated rings. The average Bonchev–Trinajstić information content (AvgIpc) is 2.71. The summed E-state index contributed by atoms with van der Waals surface area (Å²) in [5, 5.41) is 8.67. The fourth-order valence-electron chi connectivity index (χ4n) is 1.53. The van der Waals surface area contributed by atoms with E-state index in [1.165, 1.54) is 6.20 Å². The van der Waals surface area contributed by atoms with E-state index in [1.54, 1.807) is 12.1 Å². The van der Waals surface area contributed by atoms with Crippen molar-refractivity contribution in [2.24, 2.45) is 0 Å². The summed E-state index contributed by atoms with van der Waals surface area (Å²) in [4.78, 5) is 14.6. The van der Waals surface area contributed by atoms with Gasteiger partial charge in [0.1, 0.15) is 0 Å². The molecule has 1 atom stereocenters. The van der Waals surface area contributed by atoms with Gasteiger partial charge in [-0.25, -0.2) is 4.79 Å². The molecule has 0 radical (unpaired) electrons. The normalized spacial score (nSPS) is 21.0. The summed E-state index contributed by atoms with van der Waals surface area (Å²) in [6, 6.07) is 3.28. The molecular formula is C10H11NO3. The Morgan fingerprint density at radius 1 is 1.57 bits per heavy atom. The fraction of sp³-hybridized carbons (Fsp3) is 0.400. The minimum atomic E-state index is -0.948. The Bertz CT molecular complexity index is 328. The molecule has 0 saturated carbocycles. The minimum absolute atomic E-state index is 0.0536. The Hall–Kier alpha value is -1.42. The first-order valence-corrected chi connectivity index (χ1v) is 4.58. The SMILES string of the molecule is O=C(O)c1ccc([C@@H]2CCCO2)nc1. The number of hydrogen-bond donors (Lipinski definition) is 1. The van der Waals surface area contributed by atoms with Crippen molar-refractivity contribution in [3.63, 3.8) is 0 Å². The lowest BCUT2D eigenvalue weighted by molar-refractivity contribution is 0.0695. The van der Waals surface area contributed by atoms with Crippen molar-refractivity contribution >= 4 is 5.97 Å². The van der Waals surface area contributed by atoms with Crippen LogP contribution in [0.3, 0.4) is 0 Å². The van der Waals surface area contributed by atoms with Gasteiger partial charge in [-0.15, -0.1) is 0 Å². The fourth-order valence-corrected chi connectivity index (χ4v) is 1.53. The van der Waals surface area contributed by atoms with Crippen molar-refractivity contribution < 1.29 is 14.6 Å². The molecule has 0 unspecified atom stereocenters. The zero-order valence-electron chi connectivity index (χ0n) is 7.64. The molecule has 1 aliphatic heterocycles. The quantitative estimate of drug-likeness (QED) is 0.775. The third-order valence-electron chi connectivity index (χ3n) is 2.29. The van der Waals surface area contributed by atoms with Gasteiger partial charge in [0.15, 0.2) is 0 Å². The Morgan fingerprint density at radius 3 is 2.93 bits per heavy atom. The number of nitrogens with zero attached hydrogens (tertiary/aromatic N) is 1. The summed E-state index contributed by atoms with van der Waals surface area (Å²) in [7, 11) is 0. The maximum atomic E-state index is 10.6. The van der Waals surface area contributed by atoms with Gasteiger partial charge in [0.2, 0.25) is 0 Å². The first-order chi connectivity index (χ1) is 6.77. The number of pyridine rings is 1. The van der Waals surface area contributed by atoms with Crippen molar-refractivity contribution in [1.29, 1.82) is 0 Å². The molecule has 0 bridgehead atoms. The molecule has 0 spiro atoms. The van der Waals surface area contributed by atoms with Gasteiger partial charge >= 0.3 is 5.97 Å². The van der Waals surface area contributed by atoms with Gasteiger partial charge in [-0.2, -0.15) is 0 Å². The Kier molecular flexibility index (Phi) is 2.45. The number of carboxylic acid groups (broad SMARTS) is 1. The summed E-state index contributed by atoms with van der Waals surface area (Å²) in [5.41, 5.74) is 1.04. The molecule has 74 valence electrons. The van der Waals surface area contributed by atoms with Gasteiger partial charge in [0.25, 0.3) is 0 Å². The van der Waals surface area contributed by atoms with Gasteiger partial charge in [-0.1, -0.05) is 0 Å². The molecule has 1 aromatic heterocycles. The molecule has 1 N–H and O–H groups in total. The second-order valence-corrected chi connectivity index (χ2v) is 3.28. The topological polar surface area (TPSA) is 59.4 Å². The molecule has 2 heterocycles. The van der Waals surface area contributed by atoms with E-state index in [1.807, 2.05) is 0 Å². The minimum Gasteiger partial charge on any atom is -0.478 e. The predicted octanol–water partition coefficient (Wildman–Crippen LogP) is 1.63. The van der Waals surface area contributed by atoms with E-state index in [9.17, 15) is 4.79 Å². The third kappa shape index (κ3) is 1.75. The Labute approximate surface area is 81.5 Å². The van der Waals surface area contributed by atoms with Crippen LogP contribution in [0.1, 0.15) is 35.0 Å². The average molecular weight is 193 g/mol. The van der Waals surface area contributed by atoms with Crippen LogP contribution in [0.2, 0.25) is 0 Å². The third-order valence-corrected chi connectivity index (χ3v) is 2.29. The largest absolute Gasteiger partial charge is 0.478 e. The van der Waals surface area contributed by atoms with Crippen molar-refractivity contribution in [3.05, 3.63) is 29.6 Å². The maximum absolute atomic E-state index is 10.6. The predicted molar refractivity (Wildman–Crippen MR) is 49.1 cm³/mol. The molecule has 4 nitrogen and oxygen atoms in total. The number of hydrogen-bond acceptors (Lipinski definition) is 3. The molecular weight excluding hydrogens is 182 g/mol. The lowest BCUT2D eigenvalue weighted by Gasteiger charge is -2.07. The van der Waals surface area contributed by atoms with Crippen LogP contribution in [0, 0.1) is 0 Å². The number of aromatic carboxylic acids is 1. The van der Waals surface area contributed by atoms with Gasteiger partial charge in [0.05, 0.1) is 17.4 Å². The molecule has 0 aromatic carbocycles. The molecule has 1 aromatic rings. The van der Waals surface area contributed by atoms with Crippen molar-refractivity contribution in [3.8, 4) is 0 Å². The van der Waals surface area contributed by atoms with Gasteiger partial charge < -0.3 is 9.84 Å². The summed E-state index contributed by atoms with van der Waals surface area (Å²) in [6.07, 6.45) is 3.45. The molecule has 2 rings (SSSR count). The van der Waals surface area contributed by atoms with Crippen LogP contribution in [0.15, 0.2) is 18.3 Å². The molecule has 1 aliphatic rings. The van der Waals surface area contributed by atoms with Crippen LogP contribution >= 0.6 is 0 Å². The maximum Gasteiger partial charge on any atom is 0.337 e. The highest BCUT2D eigenvalue weighted by atomic mass is 16.5. The molecule has 4 heteroatoms. The van der Waals surface area contributed by atoms with Crippen LogP contribution in [0.4, 0.5) is 0 Å². The van der Waals surface area contributed by atoms with E-state index in [4.69, 9.17) is 9.84 Å². The second kappa shape index (κ2) is 3.75. The van der Waals surface area contributed by atoms with E-state index < -0.39 is 5.97 Å². The number of ether oxygens (including phenoxy) is 1. The highest BCUT2D eigenvalue weighted by Gasteiger charge is 2.18. The highest BCUT2D eigenvalue weighted by Crippen LogP contribution is 2.26. The van der Waals surface area contributed by atoms with Crippen LogP contribution in [-0.2, 0) is 4.74 Å². The monoisotopic (exact) mass is 193 g/mol. The summed E-state index contributed by atoms with van der Waals surface area (Å²) in [5.74, 6) is -0.948. The smallest absolute Gasteiger partial charge is 0.337 e. The van der Waals surface area contributed by atoms with E-state index in [2.05, 4.69) is 4.98 Å². The molecule has 0 aliphatic carbocycles. The van der Waals surface area contributed by atoms with Crippen molar-refractivity contribution in [2.75, 3.05) is 6.61 Å². The van der Waals surface area contributed by atoms with Gasteiger partial charge in [-0.05, 0) is 25.0 Å². The summed E-state index contributed by atoms with van der Waals surface area (Å²) >= 11 is 0. The molecule has 14 heavy (non-hydrogen) atoms. The van der Waals surface area contributed by atoms with E-state index in [0.717, 1.165) is 25.1 Å². The molecule has 0 amide bonds. The standard InChI is InChI=1S/C10H11NO3/c12-10(13)7-3-4-8(11-6-7)9-2-1-5-14-9/h3-4,6,9H,1-2,5H2,(H,12,13)/t9-/m0/s1. The van der Waals surface area contributed by atoms with Gasteiger partial charge in [-0.3, -0.25) is 4.98 Å². The zero-order chi connectivity index (χ0) is 9.97. The van der Waals surface area contributed by atoms with Gasteiger partial charge in [0, 0.05) is 12.8 Å². The lowest BCUT2D eigenvalue weighted by atomic mass is 10.1. The van der Waals surface area contributed by atoms with E-state index >= 15 is 0 Å². The van der Waals surface area contributed by atoms with Crippen molar-refractivity contribution in [2.45, 2.75) is 18.9 Å². The molecule has 1 saturated heterocycles. The van der Waals surface area contributed by atoms with Crippen LogP contribution in [0.5, 0.6) is 0 Å². The first kappa shape index (κ1) is 9.15. The number of carboxylic acids is 1. The highest BCUT2D eigenvalue weighted by molar-refractivity contribution is 5.87. The lowest BCUT2D eigenvalue weighted by Crippen LogP contribution is -2.02. The van der Waals surface area contributed by atoms with Crippen molar-refractivity contribution in [1.82, 2.24) is 4.98 Å². The Morgan fingerprint density at radius 2 is 2.43 bits per heavy atom. The van der Waals surface area contributed by atoms with E-state index in [-0.39, 0.29) is 11.7 Å². The van der Waals surface area contributed by atoms with Crippen LogP contribution < -0.4 is 0 Å². The zero-order valence-corrected chi connectivity index (χ0v) is 7.64. The number of rotatable bonds is 2. The van der Waals surface area contributed by atoms with Crippen LogP contribution in [0.25, 0.3) is 0 Å². The summed E-state index contributed by atoms with van der Waals surface area (Å²) in [6.45, 7) is 0.771. The number of carbonyl (C=O) groups is 1. The number of aromatic nitrogens is 1. The summed E-state index contributed by atoms with van der Waals surface area (Å²) < 4.78 is 5.43. The van der Waals surface area contributed by atoms with Crippen LogP contribution in [-0.4, -0.2) is 22.7 Å². The van der Waals surface area contributed by atoms with E-state index in [0.29, 0.717) is 0 Å². The second-order valence-electron chi connectivity index (χ2n) is 3.28. The Balaban J connectivity index is 2.16.